The predicted molar refractivity (Wildman–Crippen MR) is 79.2 cm³/mol. The van der Waals surface area contributed by atoms with E-state index in [1.54, 1.807) is 0 Å². The molecule has 23 heavy (non-hydrogen) atoms. The van der Waals surface area contributed by atoms with Crippen LogP contribution in [0, 0.1) is 5.82 Å². The molecule has 3 rings (SSSR count). The number of fused-ring (bicyclic) bond motifs is 1. The van der Waals surface area contributed by atoms with Crippen molar-refractivity contribution in [2.24, 2.45) is 5.73 Å². The van der Waals surface area contributed by atoms with Crippen molar-refractivity contribution in [2.75, 3.05) is 5.75 Å². The molecule has 0 saturated carbocycles. The highest BCUT2D eigenvalue weighted by molar-refractivity contribution is 8.00. The number of aliphatic carboxylic acids is 1. The van der Waals surface area contributed by atoms with Crippen molar-refractivity contribution in [2.45, 2.75) is 17.8 Å². The summed E-state index contributed by atoms with van der Waals surface area (Å²) in [6.07, 6.45) is -0.0972. The molecule has 0 spiro atoms. The topological polar surface area (TPSA) is 124 Å². The number of hydrogen-bond donors (Lipinski definition) is 4. The molecule has 1 fully saturated rings. The Morgan fingerprint density at radius 1 is 1.43 bits per heavy atom. The van der Waals surface area contributed by atoms with Gasteiger partial charge in [0.25, 0.3) is 0 Å². The number of thioether (sulfide) groups is 1. The van der Waals surface area contributed by atoms with E-state index >= 15 is 0 Å². The first kappa shape index (κ1) is 15.6. The van der Waals surface area contributed by atoms with Crippen molar-refractivity contribution >= 4 is 23.6 Å². The van der Waals surface area contributed by atoms with Crippen molar-refractivity contribution in [3.05, 3.63) is 34.8 Å². The molecule has 1 amide bonds. The van der Waals surface area contributed by atoms with Crippen LogP contribution in [0.3, 0.4) is 0 Å². The summed E-state index contributed by atoms with van der Waals surface area (Å²) in [5, 5.41) is 27.7. The molecule has 122 valence electrons. The van der Waals surface area contributed by atoms with Gasteiger partial charge in [0.05, 0.1) is 0 Å². The molecule has 0 bridgehead atoms. The molecule has 2 aliphatic heterocycles. The lowest BCUT2D eigenvalue weighted by Crippen LogP contribution is -2.68. The zero-order valence-electron chi connectivity index (χ0n) is 11.7. The Morgan fingerprint density at radius 3 is 2.78 bits per heavy atom. The number of nitrogens with two attached hydrogens (primary N) is 1. The van der Waals surface area contributed by atoms with Crippen LogP contribution in [-0.4, -0.2) is 49.3 Å². The number of carboxylic acids is 1. The summed E-state index contributed by atoms with van der Waals surface area (Å²) < 4.78 is 14.0. The summed E-state index contributed by atoms with van der Waals surface area (Å²) >= 11 is 1.31. The molecule has 0 aliphatic carbocycles. The molecule has 1 aromatic rings. The van der Waals surface area contributed by atoms with Crippen LogP contribution in [0.4, 0.5) is 4.39 Å². The Morgan fingerprint density at radius 2 is 2.13 bits per heavy atom. The highest BCUT2D eigenvalue weighted by Gasteiger charge is 2.51. The van der Waals surface area contributed by atoms with E-state index in [4.69, 9.17) is 5.73 Å². The largest absolute Gasteiger partial charge is 0.504 e. The fraction of sp³-hybridized carbons (Fsp3) is 0.286. The number of hydrogen-bond acceptors (Lipinski definition) is 6. The standard InChI is InChI=1S/C14H13FN2O5S/c15-8-5(1-2-7(18)11(8)19)3-6-4-23-13-9(16)12(20)17(13)10(6)14(21)22/h1-2,9,13,18-19H,3-4,16H2,(H,21,22)/t9?,13-/m1/s1. The van der Waals surface area contributed by atoms with Crippen molar-refractivity contribution in [1.82, 2.24) is 4.90 Å². The van der Waals surface area contributed by atoms with Gasteiger partial charge >= 0.3 is 5.97 Å². The second-order valence-corrected chi connectivity index (χ2v) is 6.38. The van der Waals surface area contributed by atoms with Gasteiger partial charge in [0.1, 0.15) is 17.1 Å². The van der Waals surface area contributed by atoms with Crippen molar-refractivity contribution < 1.29 is 29.3 Å². The SMILES string of the molecule is NC1C(=O)N2C(C(=O)O)=C(Cc3ccc(O)c(O)c3F)CS[C@H]12. The predicted octanol–water partition coefficient (Wildman–Crippen LogP) is 0.361. The molecule has 0 aromatic heterocycles. The summed E-state index contributed by atoms with van der Waals surface area (Å²) in [5.41, 5.74) is 5.84. The van der Waals surface area contributed by atoms with Crippen LogP contribution in [0.1, 0.15) is 5.56 Å². The van der Waals surface area contributed by atoms with E-state index in [-0.39, 0.29) is 23.4 Å². The van der Waals surface area contributed by atoms with Gasteiger partial charge in [-0.1, -0.05) is 6.07 Å². The van der Waals surface area contributed by atoms with E-state index in [0.717, 1.165) is 11.0 Å². The molecular weight excluding hydrogens is 327 g/mol. The zero-order chi connectivity index (χ0) is 16.9. The molecular formula is C14H13FN2O5S. The Balaban J connectivity index is 1.99. The number of carbonyl (C=O) groups is 2. The van der Waals surface area contributed by atoms with Crippen LogP contribution < -0.4 is 5.73 Å². The first-order valence-corrected chi connectivity index (χ1v) is 7.72. The number of benzene rings is 1. The monoisotopic (exact) mass is 340 g/mol. The maximum atomic E-state index is 14.0. The number of β-lactam (4-membered cyclic amide) rings is 1. The highest BCUT2D eigenvalue weighted by atomic mass is 32.2. The lowest BCUT2D eigenvalue weighted by molar-refractivity contribution is -0.148. The van der Waals surface area contributed by atoms with Gasteiger partial charge in [-0.3, -0.25) is 9.69 Å². The summed E-state index contributed by atoms with van der Waals surface area (Å²) in [5.74, 6) is -3.98. The molecule has 2 heterocycles. The summed E-state index contributed by atoms with van der Waals surface area (Å²) in [6.45, 7) is 0. The van der Waals surface area contributed by atoms with Gasteiger partial charge in [-0.15, -0.1) is 11.8 Å². The van der Waals surface area contributed by atoms with E-state index in [1.165, 1.54) is 17.8 Å². The van der Waals surface area contributed by atoms with Gasteiger partial charge < -0.3 is 21.1 Å². The second-order valence-electron chi connectivity index (χ2n) is 5.28. The number of carbonyl (C=O) groups excluding carboxylic acids is 1. The minimum Gasteiger partial charge on any atom is -0.504 e. The molecule has 0 radical (unpaired) electrons. The third-order valence-electron chi connectivity index (χ3n) is 3.87. The van der Waals surface area contributed by atoms with E-state index in [2.05, 4.69) is 0 Å². The zero-order valence-corrected chi connectivity index (χ0v) is 12.5. The maximum absolute atomic E-state index is 14.0. The van der Waals surface area contributed by atoms with Gasteiger partial charge in [-0.25, -0.2) is 9.18 Å². The van der Waals surface area contributed by atoms with Crippen LogP contribution in [0.15, 0.2) is 23.4 Å². The van der Waals surface area contributed by atoms with Gasteiger partial charge in [-0.05, 0) is 23.6 Å². The van der Waals surface area contributed by atoms with Gasteiger partial charge in [0, 0.05) is 5.75 Å². The maximum Gasteiger partial charge on any atom is 0.352 e. The first-order chi connectivity index (χ1) is 10.8. The fourth-order valence-corrected chi connectivity index (χ4v) is 3.97. The first-order valence-electron chi connectivity index (χ1n) is 6.67. The highest BCUT2D eigenvalue weighted by Crippen LogP contribution is 2.41. The summed E-state index contributed by atoms with van der Waals surface area (Å²) in [4.78, 5) is 24.5. The van der Waals surface area contributed by atoms with Crippen LogP contribution in [-0.2, 0) is 16.0 Å². The third kappa shape index (κ3) is 2.32. The fourth-order valence-electron chi connectivity index (χ4n) is 2.68. The van der Waals surface area contributed by atoms with E-state index in [0.29, 0.717) is 5.57 Å². The van der Waals surface area contributed by atoms with Gasteiger partial charge in [0.2, 0.25) is 5.91 Å². The number of rotatable bonds is 3. The van der Waals surface area contributed by atoms with Crippen LogP contribution in [0.2, 0.25) is 0 Å². The molecule has 1 aromatic carbocycles. The molecule has 1 unspecified atom stereocenters. The Bertz CT molecular complexity index is 751. The minimum absolute atomic E-state index is 0.0328. The van der Waals surface area contributed by atoms with E-state index in [1.807, 2.05) is 0 Å². The average Bonchev–Trinajstić information content (AvgIpc) is 2.53. The van der Waals surface area contributed by atoms with Gasteiger partial charge in [0.15, 0.2) is 17.3 Å². The Labute approximate surface area is 134 Å². The minimum atomic E-state index is -1.28. The smallest absolute Gasteiger partial charge is 0.352 e. The summed E-state index contributed by atoms with van der Waals surface area (Å²) in [7, 11) is 0. The number of nitrogens with zero attached hydrogens (tertiary/aromatic N) is 1. The quantitative estimate of drug-likeness (QED) is 0.462. The van der Waals surface area contributed by atoms with E-state index < -0.39 is 40.6 Å². The molecule has 7 nitrogen and oxygen atoms in total. The number of aromatic hydroxyl groups is 2. The molecule has 1 saturated heterocycles. The Kier molecular flexibility index (Phi) is 3.69. The lowest BCUT2D eigenvalue weighted by atomic mass is 9.99. The van der Waals surface area contributed by atoms with E-state index in [9.17, 15) is 29.3 Å². The molecule has 5 N–H and O–H groups in total. The number of carboxylic acid groups (broad SMARTS) is 1. The second kappa shape index (κ2) is 5.43. The van der Waals surface area contributed by atoms with Crippen LogP contribution >= 0.6 is 11.8 Å². The average molecular weight is 340 g/mol. The van der Waals surface area contributed by atoms with Crippen molar-refractivity contribution in [3.63, 3.8) is 0 Å². The number of amides is 1. The lowest BCUT2D eigenvalue weighted by Gasteiger charge is -2.48. The Hall–Kier alpha value is -2.26. The van der Waals surface area contributed by atoms with Crippen molar-refractivity contribution in [1.29, 1.82) is 0 Å². The number of halogens is 1. The molecule has 2 aliphatic rings. The van der Waals surface area contributed by atoms with Gasteiger partial charge in [-0.2, -0.15) is 0 Å². The number of phenols is 2. The number of phenolic OH excluding ortho intramolecular Hbond substituents is 2. The summed E-state index contributed by atoms with van der Waals surface area (Å²) in [6, 6.07) is 1.65. The third-order valence-corrected chi connectivity index (χ3v) is 5.23. The van der Waals surface area contributed by atoms with Crippen molar-refractivity contribution in [3.8, 4) is 11.5 Å². The van der Waals surface area contributed by atoms with Crippen LogP contribution in [0.25, 0.3) is 0 Å². The molecule has 9 heteroatoms. The normalized spacial score (nSPS) is 23.6. The van der Waals surface area contributed by atoms with Crippen LogP contribution in [0.5, 0.6) is 11.5 Å². The molecule has 2 atom stereocenters.